The van der Waals surface area contributed by atoms with E-state index in [4.69, 9.17) is 9.97 Å². The van der Waals surface area contributed by atoms with Crippen molar-refractivity contribution in [1.29, 1.82) is 0 Å². The lowest BCUT2D eigenvalue weighted by Crippen LogP contribution is -2.03. The van der Waals surface area contributed by atoms with E-state index in [0.717, 1.165) is 34.3 Å². The third-order valence-corrected chi connectivity index (χ3v) is 5.74. The highest BCUT2D eigenvalue weighted by atomic mass is 32.2. The maximum Gasteiger partial charge on any atom is 0.160 e. The summed E-state index contributed by atoms with van der Waals surface area (Å²) < 4.78 is 0. The number of aromatic nitrogens is 2. The van der Waals surface area contributed by atoms with E-state index in [1.807, 2.05) is 18.2 Å². The number of aryl methyl sites for hydroxylation is 1. The molecule has 1 heterocycles. The molecule has 0 unspecified atom stereocenters. The third-order valence-electron chi connectivity index (χ3n) is 4.65. The Kier molecular flexibility index (Phi) is 5.83. The van der Waals surface area contributed by atoms with Gasteiger partial charge in [0, 0.05) is 29.0 Å². The number of hydrogen-bond acceptors (Lipinski definition) is 3. The number of hydrogen-bond donors (Lipinski definition) is 0. The standard InChI is InChI=1S/C25H22N2S/c1-19-23(17-20-11-5-2-6-12-20)25(28-18-21-13-7-3-8-14-21)27-24(26-19)22-15-9-4-10-16-22/h2-16H,17-18H2,1H3. The predicted molar refractivity (Wildman–Crippen MR) is 117 cm³/mol. The highest BCUT2D eigenvalue weighted by molar-refractivity contribution is 7.98. The van der Waals surface area contributed by atoms with Crippen LogP contribution in [0.5, 0.6) is 0 Å². The van der Waals surface area contributed by atoms with Gasteiger partial charge >= 0.3 is 0 Å². The Balaban J connectivity index is 1.71. The topological polar surface area (TPSA) is 25.8 Å². The van der Waals surface area contributed by atoms with E-state index in [-0.39, 0.29) is 0 Å². The van der Waals surface area contributed by atoms with Crippen LogP contribution in [-0.2, 0) is 12.2 Å². The largest absolute Gasteiger partial charge is 0.233 e. The minimum absolute atomic E-state index is 0.797. The zero-order valence-electron chi connectivity index (χ0n) is 15.9. The monoisotopic (exact) mass is 382 g/mol. The van der Waals surface area contributed by atoms with E-state index < -0.39 is 0 Å². The average molecular weight is 383 g/mol. The first-order chi connectivity index (χ1) is 13.8. The Bertz CT molecular complexity index is 1030. The summed E-state index contributed by atoms with van der Waals surface area (Å²) in [4.78, 5) is 9.80. The van der Waals surface area contributed by atoms with Crippen molar-refractivity contribution in [3.05, 3.63) is 113 Å². The van der Waals surface area contributed by atoms with Gasteiger partial charge in [-0.3, -0.25) is 0 Å². The Morgan fingerprint density at radius 1 is 0.679 bits per heavy atom. The first kappa shape index (κ1) is 18.5. The van der Waals surface area contributed by atoms with Crippen LogP contribution in [-0.4, -0.2) is 9.97 Å². The normalized spacial score (nSPS) is 10.8. The lowest BCUT2D eigenvalue weighted by Gasteiger charge is -2.14. The molecule has 3 aromatic carbocycles. The Morgan fingerprint density at radius 2 is 1.25 bits per heavy atom. The molecule has 138 valence electrons. The fourth-order valence-corrected chi connectivity index (χ4v) is 4.18. The van der Waals surface area contributed by atoms with E-state index >= 15 is 0 Å². The molecule has 0 aliphatic carbocycles. The van der Waals surface area contributed by atoms with Crippen LogP contribution >= 0.6 is 11.8 Å². The number of rotatable bonds is 6. The molecule has 1 aromatic heterocycles. The highest BCUT2D eigenvalue weighted by Crippen LogP contribution is 2.30. The van der Waals surface area contributed by atoms with Gasteiger partial charge in [0.25, 0.3) is 0 Å². The van der Waals surface area contributed by atoms with Crippen LogP contribution in [0.1, 0.15) is 22.4 Å². The Morgan fingerprint density at radius 3 is 1.89 bits per heavy atom. The zero-order valence-corrected chi connectivity index (χ0v) is 16.7. The number of benzene rings is 3. The van der Waals surface area contributed by atoms with Crippen LogP contribution in [0.2, 0.25) is 0 Å². The Labute approximate surface area is 170 Å². The van der Waals surface area contributed by atoms with Crippen molar-refractivity contribution >= 4 is 11.8 Å². The lowest BCUT2D eigenvalue weighted by molar-refractivity contribution is 0.933. The molecule has 0 bridgehead atoms. The average Bonchev–Trinajstić information content (AvgIpc) is 2.76. The van der Waals surface area contributed by atoms with Gasteiger partial charge in [0.15, 0.2) is 5.82 Å². The molecule has 4 aromatic rings. The van der Waals surface area contributed by atoms with Crippen LogP contribution < -0.4 is 0 Å². The summed E-state index contributed by atoms with van der Waals surface area (Å²) >= 11 is 1.79. The van der Waals surface area contributed by atoms with Crippen LogP contribution in [0, 0.1) is 6.92 Å². The second-order valence-electron chi connectivity index (χ2n) is 6.72. The summed E-state index contributed by atoms with van der Waals surface area (Å²) in [6, 6.07) is 31.3. The number of thioether (sulfide) groups is 1. The molecule has 3 heteroatoms. The summed E-state index contributed by atoms with van der Waals surface area (Å²) in [7, 11) is 0. The van der Waals surface area contributed by atoms with Crippen molar-refractivity contribution < 1.29 is 0 Å². The smallest absolute Gasteiger partial charge is 0.160 e. The van der Waals surface area contributed by atoms with E-state index in [0.29, 0.717) is 0 Å². The van der Waals surface area contributed by atoms with E-state index in [1.165, 1.54) is 16.7 Å². The van der Waals surface area contributed by atoms with Gasteiger partial charge < -0.3 is 0 Å². The third kappa shape index (κ3) is 4.49. The number of nitrogens with zero attached hydrogens (tertiary/aromatic N) is 2. The van der Waals surface area contributed by atoms with Crippen LogP contribution in [0.4, 0.5) is 0 Å². The molecule has 0 aliphatic heterocycles. The van der Waals surface area contributed by atoms with E-state index in [2.05, 4.69) is 79.7 Å². The van der Waals surface area contributed by atoms with Gasteiger partial charge in [-0.15, -0.1) is 11.8 Å². The first-order valence-electron chi connectivity index (χ1n) is 9.43. The SMILES string of the molecule is Cc1nc(-c2ccccc2)nc(SCc2ccccc2)c1Cc1ccccc1. The summed E-state index contributed by atoms with van der Waals surface area (Å²) in [5, 5.41) is 1.07. The fourth-order valence-electron chi connectivity index (χ4n) is 3.13. The second-order valence-corrected chi connectivity index (χ2v) is 7.68. The molecule has 28 heavy (non-hydrogen) atoms. The molecular formula is C25H22N2S. The molecule has 0 radical (unpaired) electrons. The minimum Gasteiger partial charge on any atom is -0.233 e. The lowest BCUT2D eigenvalue weighted by atomic mass is 10.1. The summed E-state index contributed by atoms with van der Waals surface area (Å²) in [6.45, 7) is 2.10. The maximum atomic E-state index is 4.97. The molecule has 0 aliphatic rings. The van der Waals surface area contributed by atoms with Gasteiger partial charge in [-0.2, -0.15) is 0 Å². The molecule has 0 saturated heterocycles. The molecule has 2 nitrogen and oxygen atoms in total. The second kappa shape index (κ2) is 8.85. The Hall–Kier alpha value is -2.91. The van der Waals surface area contributed by atoms with E-state index in [1.54, 1.807) is 11.8 Å². The van der Waals surface area contributed by atoms with Crippen molar-refractivity contribution in [3.8, 4) is 11.4 Å². The fraction of sp³-hybridized carbons (Fsp3) is 0.120. The van der Waals surface area contributed by atoms with Crippen LogP contribution in [0.15, 0.2) is 96.0 Å². The summed E-state index contributed by atoms with van der Waals surface area (Å²) in [5.74, 6) is 1.69. The molecule has 0 amide bonds. The molecule has 0 spiro atoms. The summed E-state index contributed by atoms with van der Waals surface area (Å²) in [5.41, 5.74) is 5.90. The summed E-state index contributed by atoms with van der Waals surface area (Å²) in [6.07, 6.45) is 0.846. The predicted octanol–water partition coefficient (Wildman–Crippen LogP) is 6.34. The highest BCUT2D eigenvalue weighted by Gasteiger charge is 2.14. The van der Waals surface area contributed by atoms with Crippen molar-refractivity contribution in [2.45, 2.75) is 24.1 Å². The minimum atomic E-state index is 0.797. The van der Waals surface area contributed by atoms with Crippen LogP contribution in [0.3, 0.4) is 0 Å². The molecule has 0 N–H and O–H groups in total. The molecule has 0 fully saturated rings. The molecule has 0 atom stereocenters. The van der Waals surface area contributed by atoms with E-state index in [9.17, 15) is 0 Å². The zero-order chi connectivity index (χ0) is 19.2. The van der Waals surface area contributed by atoms with Crippen molar-refractivity contribution in [2.75, 3.05) is 0 Å². The van der Waals surface area contributed by atoms with Gasteiger partial charge in [-0.05, 0) is 18.1 Å². The quantitative estimate of drug-likeness (QED) is 0.288. The van der Waals surface area contributed by atoms with Crippen molar-refractivity contribution in [1.82, 2.24) is 9.97 Å². The van der Waals surface area contributed by atoms with Gasteiger partial charge in [-0.1, -0.05) is 91.0 Å². The maximum absolute atomic E-state index is 4.97. The van der Waals surface area contributed by atoms with Gasteiger partial charge in [0.05, 0.1) is 0 Å². The molecular weight excluding hydrogens is 360 g/mol. The van der Waals surface area contributed by atoms with Crippen LogP contribution in [0.25, 0.3) is 11.4 Å². The van der Waals surface area contributed by atoms with Crippen molar-refractivity contribution in [2.24, 2.45) is 0 Å². The first-order valence-corrected chi connectivity index (χ1v) is 10.4. The van der Waals surface area contributed by atoms with Crippen molar-refractivity contribution in [3.63, 3.8) is 0 Å². The molecule has 4 rings (SSSR count). The van der Waals surface area contributed by atoms with Gasteiger partial charge in [0.1, 0.15) is 5.03 Å². The molecule has 0 saturated carbocycles. The van der Waals surface area contributed by atoms with Gasteiger partial charge in [0.2, 0.25) is 0 Å². The van der Waals surface area contributed by atoms with Gasteiger partial charge in [-0.25, -0.2) is 9.97 Å².